The Hall–Kier alpha value is -3.47. The van der Waals surface area contributed by atoms with Crippen LogP contribution in [0.2, 0.25) is 5.02 Å². The van der Waals surface area contributed by atoms with Gasteiger partial charge in [0.1, 0.15) is 0 Å². The Morgan fingerprint density at radius 1 is 1.09 bits per heavy atom. The van der Waals surface area contributed by atoms with Gasteiger partial charge in [0.25, 0.3) is 5.69 Å². The Labute approximate surface area is 210 Å². The lowest BCUT2D eigenvalue weighted by Gasteiger charge is -2.05. The van der Waals surface area contributed by atoms with E-state index in [1.807, 2.05) is 29.6 Å². The van der Waals surface area contributed by atoms with E-state index in [9.17, 15) is 10.1 Å². The molecule has 0 saturated carbocycles. The number of nitro groups is 1. The highest BCUT2D eigenvalue weighted by Gasteiger charge is 2.22. The number of hydrogen-bond acceptors (Lipinski definition) is 7. The SMILES string of the molecule is O=[N+]([O-])c1cc2c(cc1C=Nn1c(-c3ccc(Br)cc3)csc1=Nc1ccc(Cl)cc1)OCO2. The van der Waals surface area contributed by atoms with Crippen molar-refractivity contribution in [3.63, 3.8) is 0 Å². The van der Waals surface area contributed by atoms with E-state index in [0.29, 0.717) is 27.0 Å². The number of thiazole rings is 1. The van der Waals surface area contributed by atoms with Gasteiger partial charge in [-0.1, -0.05) is 39.7 Å². The predicted octanol–water partition coefficient (Wildman–Crippen LogP) is 6.38. The smallest absolute Gasteiger partial charge is 0.282 e. The summed E-state index contributed by atoms with van der Waals surface area (Å²) in [5.41, 5.74) is 2.54. The number of hydrogen-bond donors (Lipinski definition) is 0. The van der Waals surface area contributed by atoms with Gasteiger partial charge in [0, 0.05) is 20.4 Å². The first-order valence-corrected chi connectivity index (χ1v) is 11.9. The van der Waals surface area contributed by atoms with Gasteiger partial charge in [-0.15, -0.1) is 11.3 Å². The fourth-order valence-electron chi connectivity index (χ4n) is 3.26. The van der Waals surface area contributed by atoms with Crippen LogP contribution in [-0.4, -0.2) is 22.6 Å². The first-order chi connectivity index (χ1) is 16.5. The summed E-state index contributed by atoms with van der Waals surface area (Å²) in [7, 11) is 0. The van der Waals surface area contributed by atoms with Crippen molar-refractivity contribution >= 4 is 56.5 Å². The van der Waals surface area contributed by atoms with Gasteiger partial charge in [-0.05, 0) is 42.5 Å². The number of nitro benzene ring substituents is 1. The lowest BCUT2D eigenvalue weighted by molar-refractivity contribution is -0.385. The van der Waals surface area contributed by atoms with Crippen LogP contribution < -0.4 is 14.3 Å². The number of rotatable bonds is 5. The minimum atomic E-state index is -0.476. The number of fused-ring (bicyclic) bond motifs is 1. The van der Waals surface area contributed by atoms with Gasteiger partial charge in [-0.2, -0.15) is 5.10 Å². The molecule has 1 aromatic heterocycles. The molecule has 3 aromatic carbocycles. The maximum atomic E-state index is 11.6. The van der Waals surface area contributed by atoms with Crippen LogP contribution in [0.15, 0.2) is 80.6 Å². The molecule has 0 fully saturated rings. The van der Waals surface area contributed by atoms with Crippen molar-refractivity contribution in [1.29, 1.82) is 0 Å². The van der Waals surface area contributed by atoms with Crippen LogP contribution >= 0.6 is 38.9 Å². The van der Waals surface area contributed by atoms with Crippen LogP contribution in [0.25, 0.3) is 11.3 Å². The van der Waals surface area contributed by atoms with E-state index >= 15 is 0 Å². The summed E-state index contributed by atoms with van der Waals surface area (Å²) in [5.74, 6) is 0.766. The van der Waals surface area contributed by atoms with E-state index in [1.54, 1.807) is 35.0 Å². The molecule has 0 saturated heterocycles. The van der Waals surface area contributed by atoms with Crippen LogP contribution in [0.4, 0.5) is 11.4 Å². The molecule has 0 aliphatic carbocycles. The summed E-state index contributed by atoms with van der Waals surface area (Å²) < 4.78 is 13.3. The quantitative estimate of drug-likeness (QED) is 0.162. The molecule has 0 unspecified atom stereocenters. The second-order valence-electron chi connectivity index (χ2n) is 7.08. The molecule has 0 radical (unpaired) electrons. The summed E-state index contributed by atoms with van der Waals surface area (Å²) in [6.07, 6.45) is 1.43. The van der Waals surface area contributed by atoms with Crippen molar-refractivity contribution in [2.24, 2.45) is 10.1 Å². The predicted molar refractivity (Wildman–Crippen MR) is 134 cm³/mol. The van der Waals surface area contributed by atoms with Crippen molar-refractivity contribution in [3.05, 3.63) is 96.0 Å². The molecule has 0 spiro atoms. The molecule has 4 aromatic rings. The Morgan fingerprint density at radius 3 is 2.50 bits per heavy atom. The van der Waals surface area contributed by atoms with Gasteiger partial charge in [0.05, 0.1) is 34.1 Å². The zero-order valence-corrected chi connectivity index (χ0v) is 20.4. The number of ether oxygens (including phenoxy) is 2. The molecule has 0 bridgehead atoms. The minimum Gasteiger partial charge on any atom is -0.454 e. The van der Waals surface area contributed by atoms with Gasteiger partial charge < -0.3 is 9.47 Å². The zero-order valence-electron chi connectivity index (χ0n) is 17.2. The number of halogens is 2. The van der Waals surface area contributed by atoms with Crippen LogP contribution in [0.3, 0.4) is 0 Å². The summed E-state index contributed by atoms with van der Waals surface area (Å²) in [6.45, 7) is 0.0181. The third-order valence-electron chi connectivity index (χ3n) is 4.91. The fraction of sp³-hybridized carbons (Fsp3) is 0.0435. The fourth-order valence-corrected chi connectivity index (χ4v) is 4.51. The molecule has 11 heteroatoms. The molecule has 34 heavy (non-hydrogen) atoms. The van der Waals surface area contributed by atoms with Crippen molar-refractivity contribution in [1.82, 2.24) is 4.68 Å². The molecule has 1 aliphatic heterocycles. The first kappa shape index (κ1) is 22.3. The third-order valence-corrected chi connectivity index (χ3v) is 6.50. The van der Waals surface area contributed by atoms with E-state index in [-0.39, 0.29) is 18.0 Å². The molecule has 170 valence electrons. The molecular formula is C23H14BrClN4O4S. The maximum absolute atomic E-state index is 11.6. The Morgan fingerprint density at radius 2 is 1.79 bits per heavy atom. The second-order valence-corrected chi connectivity index (χ2v) is 9.27. The van der Waals surface area contributed by atoms with Gasteiger partial charge in [-0.3, -0.25) is 10.1 Å². The summed E-state index contributed by atoms with van der Waals surface area (Å²) in [4.78, 5) is 16.4. The van der Waals surface area contributed by atoms with Crippen LogP contribution in [-0.2, 0) is 0 Å². The minimum absolute atomic E-state index is 0.0181. The van der Waals surface area contributed by atoms with Crippen LogP contribution in [0.5, 0.6) is 11.5 Å². The Kier molecular flexibility index (Phi) is 6.18. The molecule has 1 aliphatic rings. The molecule has 8 nitrogen and oxygen atoms in total. The van der Waals surface area contributed by atoms with Crippen LogP contribution in [0.1, 0.15) is 5.56 Å². The first-order valence-electron chi connectivity index (χ1n) is 9.87. The molecule has 2 heterocycles. The highest BCUT2D eigenvalue weighted by atomic mass is 79.9. The summed E-state index contributed by atoms with van der Waals surface area (Å²) in [6, 6.07) is 17.8. The average Bonchev–Trinajstić information content (AvgIpc) is 3.45. The van der Waals surface area contributed by atoms with Crippen molar-refractivity contribution in [3.8, 4) is 22.8 Å². The number of aromatic nitrogens is 1. The lowest BCUT2D eigenvalue weighted by Crippen LogP contribution is -2.11. The lowest BCUT2D eigenvalue weighted by atomic mass is 10.1. The average molecular weight is 558 g/mol. The standard InChI is InChI=1S/C23H14BrClN4O4S/c24-16-3-1-14(2-4-16)20-12-34-23(27-18-7-5-17(25)6-8-18)28(20)26-11-15-9-21-22(33-13-32-21)10-19(15)29(30)31/h1-12H,13H2. The van der Waals surface area contributed by atoms with E-state index in [2.05, 4.69) is 21.0 Å². The normalized spacial score (nSPS) is 13.1. The highest BCUT2D eigenvalue weighted by Crippen LogP contribution is 2.37. The zero-order chi connectivity index (χ0) is 23.7. The molecule has 0 atom stereocenters. The van der Waals surface area contributed by atoms with Gasteiger partial charge in [-0.25, -0.2) is 9.67 Å². The van der Waals surface area contributed by atoms with Gasteiger partial charge in [0.15, 0.2) is 11.5 Å². The van der Waals surface area contributed by atoms with Gasteiger partial charge >= 0.3 is 0 Å². The Bertz CT molecular complexity index is 1480. The van der Waals surface area contributed by atoms with Crippen LogP contribution in [0, 0.1) is 10.1 Å². The topological polar surface area (TPSA) is 91.2 Å². The van der Waals surface area contributed by atoms with Gasteiger partial charge in [0.2, 0.25) is 11.6 Å². The maximum Gasteiger partial charge on any atom is 0.282 e. The van der Waals surface area contributed by atoms with Crippen molar-refractivity contribution in [2.75, 3.05) is 6.79 Å². The molecular weight excluding hydrogens is 544 g/mol. The largest absolute Gasteiger partial charge is 0.454 e. The molecule has 5 rings (SSSR count). The second kappa shape index (κ2) is 9.41. The third kappa shape index (κ3) is 4.60. The highest BCUT2D eigenvalue weighted by molar-refractivity contribution is 9.10. The number of benzene rings is 3. The van der Waals surface area contributed by atoms with Crippen molar-refractivity contribution in [2.45, 2.75) is 0 Å². The van der Waals surface area contributed by atoms with E-state index in [1.165, 1.54) is 23.6 Å². The molecule has 0 amide bonds. The van der Waals surface area contributed by atoms with E-state index in [0.717, 1.165) is 15.7 Å². The summed E-state index contributed by atoms with van der Waals surface area (Å²) in [5, 5.41) is 18.8. The van der Waals surface area contributed by atoms with E-state index < -0.39 is 4.92 Å². The van der Waals surface area contributed by atoms with E-state index in [4.69, 9.17) is 26.1 Å². The Balaban J connectivity index is 1.64. The number of nitrogens with zero attached hydrogens (tertiary/aromatic N) is 4. The molecule has 0 N–H and O–H groups in total. The summed E-state index contributed by atoms with van der Waals surface area (Å²) >= 11 is 10.8. The monoisotopic (exact) mass is 556 g/mol. The van der Waals surface area contributed by atoms with Crippen molar-refractivity contribution < 1.29 is 14.4 Å².